The number of anilines is 1. The van der Waals surface area contributed by atoms with Crippen LogP contribution in [0, 0.1) is 0 Å². The average Bonchev–Trinajstić information content (AvgIpc) is 2.54. The standard InChI is InChI=1S/C18H21ClN2O3/c1-21(11-17(22)13-5-3-8-16(9-13)24-2)12-18(23)20-15-7-4-6-14(19)10-15/h3-10,17,22H,11-12H2,1-2H3,(H,20,23). The molecule has 2 rings (SSSR count). The summed E-state index contributed by atoms with van der Waals surface area (Å²) in [6, 6.07) is 14.2. The lowest BCUT2D eigenvalue weighted by Crippen LogP contribution is -2.33. The predicted molar refractivity (Wildman–Crippen MR) is 95.5 cm³/mol. The van der Waals surface area contributed by atoms with Gasteiger partial charge in [0, 0.05) is 17.3 Å². The summed E-state index contributed by atoms with van der Waals surface area (Å²) in [7, 11) is 3.36. The van der Waals surface area contributed by atoms with Gasteiger partial charge in [-0.25, -0.2) is 0 Å². The quantitative estimate of drug-likeness (QED) is 0.807. The Morgan fingerprint density at radius 1 is 1.29 bits per heavy atom. The Morgan fingerprint density at radius 2 is 2.04 bits per heavy atom. The first-order chi connectivity index (χ1) is 11.5. The Kier molecular flexibility index (Phi) is 6.61. The first kappa shape index (κ1) is 18.3. The van der Waals surface area contributed by atoms with Crippen molar-refractivity contribution in [2.24, 2.45) is 0 Å². The summed E-state index contributed by atoms with van der Waals surface area (Å²) in [5.74, 6) is 0.519. The lowest BCUT2D eigenvalue weighted by molar-refractivity contribution is -0.117. The highest BCUT2D eigenvalue weighted by Crippen LogP contribution is 2.20. The van der Waals surface area contributed by atoms with Gasteiger partial charge in [0.2, 0.25) is 5.91 Å². The number of aliphatic hydroxyl groups is 1. The smallest absolute Gasteiger partial charge is 0.238 e. The summed E-state index contributed by atoms with van der Waals surface area (Å²) in [4.78, 5) is 13.8. The van der Waals surface area contributed by atoms with E-state index in [9.17, 15) is 9.90 Å². The normalized spacial score (nSPS) is 12.0. The highest BCUT2D eigenvalue weighted by atomic mass is 35.5. The van der Waals surface area contributed by atoms with Gasteiger partial charge in [-0.3, -0.25) is 9.69 Å². The van der Waals surface area contributed by atoms with E-state index >= 15 is 0 Å². The molecular formula is C18H21ClN2O3. The van der Waals surface area contributed by atoms with Gasteiger partial charge in [0.15, 0.2) is 0 Å². The molecule has 6 heteroatoms. The van der Waals surface area contributed by atoms with Crippen LogP contribution in [-0.4, -0.2) is 43.2 Å². The van der Waals surface area contributed by atoms with Gasteiger partial charge in [-0.05, 0) is 42.9 Å². The molecule has 2 aromatic carbocycles. The van der Waals surface area contributed by atoms with E-state index in [4.69, 9.17) is 16.3 Å². The van der Waals surface area contributed by atoms with Crippen molar-refractivity contribution >= 4 is 23.2 Å². The van der Waals surface area contributed by atoms with Gasteiger partial charge in [-0.15, -0.1) is 0 Å². The van der Waals surface area contributed by atoms with Crippen LogP contribution >= 0.6 is 11.6 Å². The van der Waals surface area contributed by atoms with Crippen molar-refractivity contribution < 1.29 is 14.6 Å². The summed E-state index contributed by atoms with van der Waals surface area (Å²) in [6.07, 6.45) is -0.705. The topological polar surface area (TPSA) is 61.8 Å². The summed E-state index contributed by atoms with van der Waals surface area (Å²) in [5, 5.41) is 13.6. The molecule has 1 atom stereocenters. The Balaban J connectivity index is 1.87. The van der Waals surface area contributed by atoms with E-state index in [0.29, 0.717) is 23.0 Å². The number of halogens is 1. The number of nitrogens with one attached hydrogen (secondary N) is 1. The monoisotopic (exact) mass is 348 g/mol. The molecule has 1 amide bonds. The van der Waals surface area contributed by atoms with Crippen LogP contribution in [0.1, 0.15) is 11.7 Å². The zero-order chi connectivity index (χ0) is 17.5. The number of aliphatic hydroxyl groups excluding tert-OH is 1. The molecule has 0 aromatic heterocycles. The molecule has 0 aliphatic rings. The minimum atomic E-state index is -0.705. The third kappa shape index (κ3) is 5.53. The van der Waals surface area contributed by atoms with E-state index in [1.54, 1.807) is 49.4 Å². The van der Waals surface area contributed by atoms with Crippen molar-refractivity contribution in [3.63, 3.8) is 0 Å². The molecule has 1 unspecified atom stereocenters. The number of hydrogen-bond acceptors (Lipinski definition) is 4. The van der Waals surface area contributed by atoms with Crippen LogP contribution in [0.25, 0.3) is 0 Å². The van der Waals surface area contributed by atoms with Crippen LogP contribution in [-0.2, 0) is 4.79 Å². The van der Waals surface area contributed by atoms with Crippen molar-refractivity contribution in [1.29, 1.82) is 0 Å². The molecule has 0 spiro atoms. The van der Waals surface area contributed by atoms with Crippen molar-refractivity contribution in [1.82, 2.24) is 4.90 Å². The van der Waals surface area contributed by atoms with Crippen LogP contribution in [0.15, 0.2) is 48.5 Å². The molecule has 0 aliphatic heterocycles. The number of carbonyl (C=O) groups is 1. The van der Waals surface area contributed by atoms with Gasteiger partial charge in [-0.2, -0.15) is 0 Å². The highest BCUT2D eigenvalue weighted by Gasteiger charge is 2.14. The van der Waals surface area contributed by atoms with E-state index in [0.717, 1.165) is 5.56 Å². The number of hydrogen-bond donors (Lipinski definition) is 2. The predicted octanol–water partition coefficient (Wildman–Crippen LogP) is 2.95. The molecule has 0 heterocycles. The number of likely N-dealkylation sites (N-methyl/N-ethyl adjacent to an activating group) is 1. The summed E-state index contributed by atoms with van der Waals surface area (Å²) < 4.78 is 5.15. The molecule has 24 heavy (non-hydrogen) atoms. The Labute approximate surface area is 146 Å². The van der Waals surface area contributed by atoms with Crippen molar-refractivity contribution in [2.45, 2.75) is 6.10 Å². The maximum absolute atomic E-state index is 12.1. The largest absolute Gasteiger partial charge is 0.497 e. The first-order valence-corrected chi connectivity index (χ1v) is 7.91. The molecule has 5 nitrogen and oxygen atoms in total. The van der Waals surface area contributed by atoms with E-state index in [-0.39, 0.29) is 12.5 Å². The SMILES string of the molecule is COc1cccc(C(O)CN(C)CC(=O)Nc2cccc(Cl)c2)c1. The maximum atomic E-state index is 12.1. The van der Waals surface area contributed by atoms with Crippen molar-refractivity contribution in [3.8, 4) is 5.75 Å². The fraction of sp³-hybridized carbons (Fsp3) is 0.278. The molecule has 0 radical (unpaired) electrons. The average molecular weight is 349 g/mol. The molecule has 0 aliphatic carbocycles. The second-order valence-electron chi connectivity index (χ2n) is 5.55. The zero-order valence-electron chi connectivity index (χ0n) is 13.7. The number of carbonyl (C=O) groups excluding carboxylic acids is 1. The van der Waals surface area contributed by atoms with E-state index in [1.807, 2.05) is 18.2 Å². The third-order valence-electron chi connectivity index (χ3n) is 3.49. The van der Waals surface area contributed by atoms with Crippen LogP contribution in [0.3, 0.4) is 0 Å². The molecule has 128 valence electrons. The van der Waals surface area contributed by atoms with Crippen molar-refractivity contribution in [3.05, 3.63) is 59.1 Å². The lowest BCUT2D eigenvalue weighted by atomic mass is 10.1. The highest BCUT2D eigenvalue weighted by molar-refractivity contribution is 6.30. The van der Waals surface area contributed by atoms with E-state index < -0.39 is 6.10 Å². The number of ether oxygens (including phenoxy) is 1. The van der Waals surface area contributed by atoms with E-state index in [1.165, 1.54) is 0 Å². The molecule has 0 bridgehead atoms. The van der Waals surface area contributed by atoms with Gasteiger partial charge >= 0.3 is 0 Å². The Bertz CT molecular complexity index is 693. The van der Waals surface area contributed by atoms with E-state index in [2.05, 4.69) is 5.32 Å². The first-order valence-electron chi connectivity index (χ1n) is 7.54. The van der Waals surface area contributed by atoms with Crippen LogP contribution in [0.2, 0.25) is 5.02 Å². The second-order valence-corrected chi connectivity index (χ2v) is 5.98. The summed E-state index contributed by atoms with van der Waals surface area (Å²) in [5.41, 5.74) is 1.39. The zero-order valence-corrected chi connectivity index (χ0v) is 14.5. The Hall–Kier alpha value is -2.08. The van der Waals surface area contributed by atoms with Gasteiger partial charge in [0.05, 0.1) is 19.8 Å². The minimum absolute atomic E-state index is 0.160. The molecule has 0 saturated heterocycles. The van der Waals surface area contributed by atoms with Crippen LogP contribution < -0.4 is 10.1 Å². The number of benzene rings is 2. The number of rotatable bonds is 7. The molecule has 0 fully saturated rings. The lowest BCUT2D eigenvalue weighted by Gasteiger charge is -2.20. The van der Waals surface area contributed by atoms with Crippen LogP contribution in [0.4, 0.5) is 5.69 Å². The maximum Gasteiger partial charge on any atom is 0.238 e. The van der Waals surface area contributed by atoms with Crippen LogP contribution in [0.5, 0.6) is 5.75 Å². The van der Waals surface area contributed by atoms with Gasteiger partial charge in [0.25, 0.3) is 0 Å². The van der Waals surface area contributed by atoms with Gasteiger partial charge in [-0.1, -0.05) is 29.8 Å². The number of methoxy groups -OCH3 is 1. The molecule has 2 aromatic rings. The number of nitrogens with zero attached hydrogens (tertiary/aromatic N) is 1. The fourth-order valence-electron chi connectivity index (χ4n) is 2.33. The minimum Gasteiger partial charge on any atom is -0.497 e. The summed E-state index contributed by atoms with van der Waals surface area (Å²) in [6.45, 7) is 0.490. The van der Waals surface area contributed by atoms with Crippen molar-refractivity contribution in [2.75, 3.05) is 32.6 Å². The van der Waals surface area contributed by atoms with Gasteiger partial charge in [0.1, 0.15) is 5.75 Å². The number of amides is 1. The summed E-state index contributed by atoms with van der Waals surface area (Å²) >= 11 is 5.89. The molecule has 0 saturated carbocycles. The third-order valence-corrected chi connectivity index (χ3v) is 3.72. The molecule has 2 N–H and O–H groups in total. The second kappa shape index (κ2) is 8.68. The van der Waals surface area contributed by atoms with Gasteiger partial charge < -0.3 is 15.2 Å². The molecular weight excluding hydrogens is 328 g/mol. The Morgan fingerprint density at radius 3 is 2.75 bits per heavy atom. The fourth-order valence-corrected chi connectivity index (χ4v) is 2.52.